The number of nitrogens with zero attached hydrogens (tertiary/aromatic N) is 1. The number of likely N-dealkylation sites (N-methyl/N-ethyl adjacent to an activating group) is 1. The van der Waals surface area contributed by atoms with E-state index in [0.29, 0.717) is 6.04 Å². The Labute approximate surface area is 181 Å². The molecule has 0 aromatic heterocycles. The molecule has 1 aliphatic rings. The van der Waals surface area contributed by atoms with Gasteiger partial charge in [-0.05, 0) is 50.1 Å². The fourth-order valence-corrected chi connectivity index (χ4v) is 4.46. The number of rotatable bonds is 10. The lowest BCUT2D eigenvalue weighted by atomic mass is 10.0. The number of benzene rings is 3. The molecule has 1 N–H and O–H groups in total. The predicted molar refractivity (Wildman–Crippen MR) is 126 cm³/mol. The van der Waals surface area contributed by atoms with Crippen LogP contribution < -0.4 is 10.1 Å². The zero-order chi connectivity index (χ0) is 20.6. The Balaban J connectivity index is 1.36. The summed E-state index contributed by atoms with van der Waals surface area (Å²) in [6.45, 7) is 4.01. The molecule has 1 saturated heterocycles. The summed E-state index contributed by atoms with van der Waals surface area (Å²) < 4.78 is 6.42. The fraction of sp³-hybridized carbons (Fsp3) is 0.407. The van der Waals surface area contributed by atoms with E-state index >= 15 is 0 Å². The highest BCUT2D eigenvalue weighted by atomic mass is 16.5. The predicted octanol–water partition coefficient (Wildman–Crippen LogP) is 5.43. The number of hydrogen-bond acceptors (Lipinski definition) is 3. The molecule has 1 heterocycles. The average molecular weight is 403 g/mol. The van der Waals surface area contributed by atoms with Crippen LogP contribution in [0.15, 0.2) is 66.7 Å². The number of ether oxygens (including phenoxy) is 1. The van der Waals surface area contributed by atoms with Gasteiger partial charge in [0, 0.05) is 36.6 Å². The van der Waals surface area contributed by atoms with Crippen LogP contribution in [0.2, 0.25) is 0 Å². The van der Waals surface area contributed by atoms with E-state index in [2.05, 4.69) is 84.0 Å². The van der Waals surface area contributed by atoms with Crippen LogP contribution in [0.4, 0.5) is 0 Å². The average Bonchev–Trinajstić information content (AvgIpc) is 3.25. The van der Waals surface area contributed by atoms with Gasteiger partial charge in [0.05, 0.1) is 6.61 Å². The maximum atomic E-state index is 6.42. The standard InChI is InChI=1S/C27H34N2O/c1-28-25-17-18-29(21-25)20-24-16-15-23-13-7-8-14-26(23)27(24)30-19-9-3-6-12-22-10-4-2-5-11-22/h2,4-5,7-8,10-11,13-16,25,28H,3,6,9,12,17-21H2,1H3. The summed E-state index contributed by atoms with van der Waals surface area (Å²) in [6.07, 6.45) is 5.89. The molecule has 3 aromatic carbocycles. The van der Waals surface area contributed by atoms with Gasteiger partial charge in [0.1, 0.15) is 5.75 Å². The number of fused-ring (bicyclic) bond motifs is 1. The Morgan fingerprint density at radius 1 is 0.933 bits per heavy atom. The summed E-state index contributed by atoms with van der Waals surface area (Å²) in [7, 11) is 2.07. The van der Waals surface area contributed by atoms with Crippen LogP contribution in [0.1, 0.15) is 36.8 Å². The molecular formula is C27H34N2O. The maximum absolute atomic E-state index is 6.42. The van der Waals surface area contributed by atoms with E-state index in [1.807, 2.05) is 0 Å². The highest BCUT2D eigenvalue weighted by Crippen LogP contribution is 2.32. The minimum absolute atomic E-state index is 0.611. The van der Waals surface area contributed by atoms with Crippen LogP contribution >= 0.6 is 0 Å². The van der Waals surface area contributed by atoms with Crippen molar-refractivity contribution in [3.63, 3.8) is 0 Å². The third-order valence-corrected chi connectivity index (χ3v) is 6.23. The lowest BCUT2D eigenvalue weighted by Gasteiger charge is -2.20. The second-order valence-electron chi connectivity index (χ2n) is 8.43. The first kappa shape index (κ1) is 20.9. The van der Waals surface area contributed by atoms with E-state index in [4.69, 9.17) is 4.74 Å². The quantitative estimate of drug-likeness (QED) is 0.458. The monoisotopic (exact) mass is 402 g/mol. The zero-order valence-corrected chi connectivity index (χ0v) is 18.1. The molecule has 0 spiro atoms. The van der Waals surface area contributed by atoms with Crippen molar-refractivity contribution in [3.8, 4) is 5.75 Å². The van der Waals surface area contributed by atoms with Gasteiger partial charge in [-0.15, -0.1) is 0 Å². The van der Waals surface area contributed by atoms with E-state index in [1.165, 1.54) is 41.2 Å². The molecule has 1 aliphatic heterocycles. The Hall–Kier alpha value is -2.36. The van der Waals surface area contributed by atoms with Crippen LogP contribution in [-0.2, 0) is 13.0 Å². The van der Waals surface area contributed by atoms with Crippen molar-refractivity contribution in [3.05, 3.63) is 77.9 Å². The Morgan fingerprint density at radius 2 is 1.77 bits per heavy atom. The first-order chi connectivity index (χ1) is 14.8. The minimum atomic E-state index is 0.611. The molecule has 3 nitrogen and oxygen atoms in total. The first-order valence-electron chi connectivity index (χ1n) is 11.4. The van der Waals surface area contributed by atoms with Gasteiger partial charge in [-0.25, -0.2) is 0 Å². The van der Waals surface area contributed by atoms with Gasteiger partial charge in [0.2, 0.25) is 0 Å². The number of aryl methyl sites for hydroxylation is 1. The maximum Gasteiger partial charge on any atom is 0.131 e. The summed E-state index contributed by atoms with van der Waals surface area (Å²) in [5, 5.41) is 5.92. The smallest absolute Gasteiger partial charge is 0.131 e. The molecule has 158 valence electrons. The van der Waals surface area contributed by atoms with Crippen molar-refractivity contribution in [1.82, 2.24) is 10.2 Å². The van der Waals surface area contributed by atoms with Crippen molar-refractivity contribution < 1.29 is 4.74 Å². The van der Waals surface area contributed by atoms with Gasteiger partial charge >= 0.3 is 0 Å². The van der Waals surface area contributed by atoms with Crippen molar-refractivity contribution in [2.24, 2.45) is 0 Å². The number of unbranched alkanes of at least 4 members (excludes halogenated alkanes) is 2. The first-order valence-corrected chi connectivity index (χ1v) is 11.4. The lowest BCUT2D eigenvalue weighted by molar-refractivity contribution is 0.287. The van der Waals surface area contributed by atoms with Gasteiger partial charge < -0.3 is 10.1 Å². The van der Waals surface area contributed by atoms with Crippen LogP contribution in [0.5, 0.6) is 5.75 Å². The summed E-state index contributed by atoms with van der Waals surface area (Å²) in [4.78, 5) is 2.54. The molecule has 0 amide bonds. The minimum Gasteiger partial charge on any atom is -0.493 e. The van der Waals surface area contributed by atoms with E-state index in [1.54, 1.807) is 0 Å². The molecule has 0 aliphatic carbocycles. The summed E-state index contributed by atoms with van der Waals surface area (Å²) in [5.74, 6) is 1.09. The van der Waals surface area contributed by atoms with Gasteiger partial charge in [-0.1, -0.05) is 66.7 Å². The highest BCUT2D eigenvalue weighted by molar-refractivity contribution is 5.89. The Bertz CT molecular complexity index is 925. The highest BCUT2D eigenvalue weighted by Gasteiger charge is 2.22. The van der Waals surface area contributed by atoms with Gasteiger partial charge in [-0.2, -0.15) is 0 Å². The van der Waals surface area contributed by atoms with Crippen molar-refractivity contribution in [2.45, 2.75) is 44.7 Å². The van der Waals surface area contributed by atoms with Crippen LogP contribution in [0.3, 0.4) is 0 Å². The number of hydrogen-bond donors (Lipinski definition) is 1. The summed E-state index contributed by atoms with van der Waals surface area (Å²) in [6, 6.07) is 24.5. The van der Waals surface area contributed by atoms with E-state index in [-0.39, 0.29) is 0 Å². The normalized spacial score (nSPS) is 16.9. The van der Waals surface area contributed by atoms with E-state index in [9.17, 15) is 0 Å². The largest absolute Gasteiger partial charge is 0.493 e. The Morgan fingerprint density at radius 3 is 2.60 bits per heavy atom. The van der Waals surface area contributed by atoms with E-state index < -0.39 is 0 Å². The van der Waals surface area contributed by atoms with Crippen LogP contribution in [0.25, 0.3) is 10.8 Å². The van der Waals surface area contributed by atoms with Gasteiger partial charge in [-0.3, -0.25) is 4.90 Å². The van der Waals surface area contributed by atoms with E-state index in [0.717, 1.165) is 44.8 Å². The molecule has 1 atom stereocenters. The van der Waals surface area contributed by atoms with Gasteiger partial charge in [0.25, 0.3) is 0 Å². The van der Waals surface area contributed by atoms with Crippen LogP contribution in [-0.4, -0.2) is 37.7 Å². The molecular weight excluding hydrogens is 368 g/mol. The lowest BCUT2D eigenvalue weighted by Crippen LogP contribution is -2.29. The zero-order valence-electron chi connectivity index (χ0n) is 18.1. The second-order valence-corrected chi connectivity index (χ2v) is 8.43. The molecule has 4 rings (SSSR count). The third-order valence-electron chi connectivity index (χ3n) is 6.23. The molecule has 0 radical (unpaired) electrons. The van der Waals surface area contributed by atoms with Crippen LogP contribution in [0, 0.1) is 0 Å². The number of nitrogens with one attached hydrogen (secondary N) is 1. The molecule has 0 saturated carbocycles. The fourth-order valence-electron chi connectivity index (χ4n) is 4.46. The molecule has 3 heteroatoms. The van der Waals surface area contributed by atoms with Gasteiger partial charge in [0.15, 0.2) is 0 Å². The number of likely N-dealkylation sites (tertiary alicyclic amines) is 1. The van der Waals surface area contributed by atoms with Crippen molar-refractivity contribution >= 4 is 10.8 Å². The molecule has 3 aromatic rings. The second kappa shape index (κ2) is 10.6. The topological polar surface area (TPSA) is 24.5 Å². The Kier molecular flexibility index (Phi) is 7.39. The summed E-state index contributed by atoms with van der Waals surface area (Å²) >= 11 is 0. The SMILES string of the molecule is CNC1CCN(Cc2ccc3ccccc3c2OCCCCCc2ccccc2)C1. The third kappa shape index (κ3) is 5.41. The molecule has 0 bridgehead atoms. The molecule has 30 heavy (non-hydrogen) atoms. The van der Waals surface area contributed by atoms with Crippen molar-refractivity contribution in [1.29, 1.82) is 0 Å². The van der Waals surface area contributed by atoms with Crippen molar-refractivity contribution in [2.75, 3.05) is 26.7 Å². The molecule has 1 unspecified atom stereocenters. The molecule has 1 fully saturated rings. The summed E-state index contributed by atoms with van der Waals surface area (Å²) in [5.41, 5.74) is 2.75.